The fraction of sp³-hybridized carbons (Fsp3) is 0.556. The summed E-state index contributed by atoms with van der Waals surface area (Å²) in [4.78, 5) is 3.22. The number of aliphatic hydroxyl groups excluding tert-OH is 1. The van der Waals surface area contributed by atoms with Gasteiger partial charge in [0.2, 0.25) is 5.39 Å². The Morgan fingerprint density at radius 3 is 2.55 bits per heavy atom. The summed E-state index contributed by atoms with van der Waals surface area (Å²) in [5.41, 5.74) is 0.716. The van der Waals surface area contributed by atoms with Crippen molar-refractivity contribution in [3.63, 3.8) is 0 Å². The molecular weight excluding hydrogens is 276 g/mol. The predicted octanol–water partition coefficient (Wildman–Crippen LogP) is 5.20. The van der Waals surface area contributed by atoms with Crippen LogP contribution in [0.1, 0.15) is 45.6 Å². The zero-order chi connectivity index (χ0) is 16.1. The fourth-order valence-corrected chi connectivity index (χ4v) is 3.27. The van der Waals surface area contributed by atoms with Crippen LogP contribution in [-0.2, 0) is 4.74 Å². The molecule has 1 aromatic carbocycles. The molecule has 2 rings (SSSR count). The minimum absolute atomic E-state index is 0.0378. The van der Waals surface area contributed by atoms with Crippen LogP contribution in [0, 0.1) is 23.1 Å². The Morgan fingerprint density at radius 2 is 1.95 bits per heavy atom. The van der Waals surface area contributed by atoms with Gasteiger partial charge < -0.3 is 9.84 Å². The van der Waals surface area contributed by atoms with Gasteiger partial charge in [0.15, 0.2) is 4.98 Å². The van der Waals surface area contributed by atoms with Gasteiger partial charge >= 0.3 is 11.6 Å². The third kappa shape index (κ3) is 3.79. The molecule has 0 unspecified atom stereocenters. The van der Waals surface area contributed by atoms with Gasteiger partial charge in [0.05, 0.1) is 5.56 Å². The maximum Gasteiger partial charge on any atom is 0.471 e. The summed E-state index contributed by atoms with van der Waals surface area (Å²) in [7, 11) is 0. The molecule has 0 aromatic heterocycles. The minimum atomic E-state index is -0.293. The summed E-state index contributed by atoms with van der Waals surface area (Å²) >= 11 is 0. The lowest BCUT2D eigenvalue weighted by molar-refractivity contribution is -0.0424. The molecule has 0 aliphatic heterocycles. The number of ether oxygens (including phenoxy) is 1. The van der Waals surface area contributed by atoms with Gasteiger partial charge in [-0.15, -0.1) is 0 Å². The molecule has 0 saturated heterocycles. The van der Waals surface area contributed by atoms with Crippen molar-refractivity contribution < 1.29 is 9.84 Å². The Balaban J connectivity index is 2.22. The van der Waals surface area contributed by atoms with Gasteiger partial charge in [-0.25, -0.2) is 0 Å². The van der Waals surface area contributed by atoms with Crippen LogP contribution in [0.3, 0.4) is 0 Å². The summed E-state index contributed by atoms with van der Waals surface area (Å²) in [5.74, 6) is 1.20. The lowest BCUT2D eigenvalue weighted by Gasteiger charge is -2.36. The van der Waals surface area contributed by atoms with Gasteiger partial charge in [-0.3, -0.25) is 0 Å². The monoisotopic (exact) mass is 301 g/mol. The molecule has 0 radical (unpaired) electrons. The number of aliphatic hydroxyl groups is 1. The molecule has 1 N–H and O–H groups in total. The van der Waals surface area contributed by atoms with E-state index in [1.54, 1.807) is 12.1 Å². The maximum absolute atomic E-state index is 10.3. The Hall–Kier alpha value is -2.02. The molecule has 1 aromatic rings. The average molecular weight is 301 g/mol. The van der Waals surface area contributed by atoms with Crippen LogP contribution in [0.2, 0.25) is 0 Å². The van der Waals surface area contributed by atoms with Gasteiger partial charge in [-0.2, -0.15) is 0 Å². The SMILES string of the molecule is CC(C)[C@@H]1CC[C@@H](C)C[C@H]1O/C(O)=C(/[N+]#N)c1ccccc1. The smallest absolute Gasteiger partial charge is 0.471 e. The van der Waals surface area contributed by atoms with E-state index in [1.807, 2.05) is 18.2 Å². The highest BCUT2D eigenvalue weighted by Gasteiger charge is 2.35. The van der Waals surface area contributed by atoms with Crippen molar-refractivity contribution in [2.75, 3.05) is 0 Å². The molecule has 4 heteroatoms. The Labute approximate surface area is 132 Å². The van der Waals surface area contributed by atoms with Gasteiger partial charge in [-0.05, 0) is 42.7 Å². The van der Waals surface area contributed by atoms with E-state index in [2.05, 4.69) is 25.7 Å². The van der Waals surface area contributed by atoms with Crippen molar-refractivity contribution >= 4 is 5.70 Å². The molecule has 3 atom stereocenters. The first-order chi connectivity index (χ1) is 10.5. The van der Waals surface area contributed by atoms with Crippen LogP contribution < -0.4 is 0 Å². The number of hydrogen-bond acceptors (Lipinski definition) is 3. The van der Waals surface area contributed by atoms with Gasteiger partial charge in [0.1, 0.15) is 6.10 Å². The summed E-state index contributed by atoms with van der Waals surface area (Å²) in [6.45, 7) is 6.58. The number of benzene rings is 1. The Bertz CT molecular complexity index is 560. The molecule has 0 bridgehead atoms. The second kappa shape index (κ2) is 7.31. The molecule has 1 aliphatic rings. The molecule has 0 spiro atoms. The average Bonchev–Trinajstić information content (AvgIpc) is 2.48. The van der Waals surface area contributed by atoms with Crippen LogP contribution in [0.4, 0.5) is 0 Å². The van der Waals surface area contributed by atoms with E-state index in [0.29, 0.717) is 23.3 Å². The predicted molar refractivity (Wildman–Crippen MR) is 87.3 cm³/mol. The van der Waals surface area contributed by atoms with Crippen LogP contribution in [0.15, 0.2) is 36.3 Å². The summed E-state index contributed by atoms with van der Waals surface area (Å²) in [6.07, 6.45) is 3.18. The lowest BCUT2D eigenvalue weighted by atomic mass is 9.75. The maximum atomic E-state index is 10.3. The quantitative estimate of drug-likeness (QED) is 0.614. The molecule has 0 amide bonds. The Kier molecular flexibility index (Phi) is 5.43. The third-order valence-corrected chi connectivity index (χ3v) is 4.57. The molecule has 1 fully saturated rings. The zero-order valence-corrected chi connectivity index (χ0v) is 13.6. The zero-order valence-electron chi connectivity index (χ0n) is 13.6. The molecule has 118 valence electrons. The van der Waals surface area contributed by atoms with Crippen molar-refractivity contribution in [2.24, 2.45) is 17.8 Å². The van der Waals surface area contributed by atoms with E-state index >= 15 is 0 Å². The number of diazo groups is 1. The van der Waals surface area contributed by atoms with Crippen molar-refractivity contribution in [1.82, 2.24) is 0 Å². The minimum Gasteiger partial charge on any atom is -0.475 e. The van der Waals surface area contributed by atoms with E-state index in [4.69, 9.17) is 4.74 Å². The van der Waals surface area contributed by atoms with Gasteiger partial charge in [0, 0.05) is 0 Å². The van der Waals surface area contributed by atoms with E-state index in [-0.39, 0.29) is 17.7 Å². The molecule has 0 heterocycles. The summed E-state index contributed by atoms with van der Waals surface area (Å²) in [6, 6.07) is 9.07. The first kappa shape index (κ1) is 16.4. The topological polar surface area (TPSA) is 57.6 Å². The molecule has 1 aliphatic carbocycles. The number of hydrogen-bond donors (Lipinski definition) is 1. The molecule has 1 saturated carbocycles. The number of nitrogens with zero attached hydrogens (tertiary/aromatic N) is 2. The lowest BCUT2D eigenvalue weighted by Crippen LogP contribution is -2.34. The van der Waals surface area contributed by atoms with Crippen molar-refractivity contribution in [3.8, 4) is 0 Å². The standard InChI is InChI=1S/C18H24N2O2/c1-12(2)15-10-9-13(3)11-16(15)22-18(21)17(20-19)14-7-5-4-6-8-14/h4-8,12-13,15-16H,9-11H2,1-3H3/p+1/b18-17+/t13-,15+,16-/m1/s1. The van der Waals surface area contributed by atoms with Crippen LogP contribution in [0.25, 0.3) is 10.7 Å². The van der Waals surface area contributed by atoms with Crippen LogP contribution in [0.5, 0.6) is 0 Å². The van der Waals surface area contributed by atoms with E-state index in [0.717, 1.165) is 12.8 Å². The van der Waals surface area contributed by atoms with Gasteiger partial charge in [-0.1, -0.05) is 45.4 Å². The highest BCUT2D eigenvalue weighted by atomic mass is 16.6. The van der Waals surface area contributed by atoms with E-state index in [1.165, 1.54) is 6.42 Å². The van der Waals surface area contributed by atoms with Crippen LogP contribution in [-0.4, -0.2) is 11.2 Å². The van der Waals surface area contributed by atoms with Crippen molar-refractivity contribution in [2.45, 2.75) is 46.1 Å². The number of rotatable bonds is 4. The molecular formula is C18H25N2O2+. The van der Waals surface area contributed by atoms with Gasteiger partial charge in [0.25, 0.3) is 0 Å². The third-order valence-electron chi connectivity index (χ3n) is 4.57. The van der Waals surface area contributed by atoms with E-state index in [9.17, 15) is 10.5 Å². The van der Waals surface area contributed by atoms with Crippen LogP contribution >= 0.6 is 0 Å². The normalized spacial score (nSPS) is 26.2. The van der Waals surface area contributed by atoms with Crippen molar-refractivity contribution in [3.05, 3.63) is 46.8 Å². The largest absolute Gasteiger partial charge is 0.475 e. The molecule has 22 heavy (non-hydrogen) atoms. The first-order valence-corrected chi connectivity index (χ1v) is 8.03. The second-order valence-corrected chi connectivity index (χ2v) is 6.60. The fourth-order valence-electron chi connectivity index (χ4n) is 3.27. The molecule has 4 nitrogen and oxygen atoms in total. The Morgan fingerprint density at radius 1 is 1.27 bits per heavy atom. The highest BCUT2D eigenvalue weighted by Crippen LogP contribution is 2.36. The van der Waals surface area contributed by atoms with Crippen molar-refractivity contribution in [1.29, 1.82) is 5.39 Å². The summed E-state index contributed by atoms with van der Waals surface area (Å²) in [5, 5.41) is 19.5. The van der Waals surface area contributed by atoms with E-state index < -0.39 is 0 Å². The first-order valence-electron chi connectivity index (χ1n) is 8.03. The summed E-state index contributed by atoms with van der Waals surface area (Å²) < 4.78 is 5.82. The second-order valence-electron chi connectivity index (χ2n) is 6.60. The highest BCUT2D eigenvalue weighted by molar-refractivity contribution is 5.70.